The molecule has 1 saturated heterocycles. The van der Waals surface area contributed by atoms with E-state index in [0.29, 0.717) is 43.6 Å². The average Bonchev–Trinajstić information content (AvgIpc) is 3.28. The number of carbonyl (C=O) groups is 3. The second-order valence-electron chi connectivity index (χ2n) is 9.25. The first-order valence-corrected chi connectivity index (χ1v) is 11.3. The van der Waals surface area contributed by atoms with E-state index in [1.807, 2.05) is 42.5 Å². The van der Waals surface area contributed by atoms with Crippen LogP contribution in [0, 0.1) is 0 Å². The highest BCUT2D eigenvalue weighted by Gasteiger charge is 2.34. The number of nitrogens with one attached hydrogen (secondary N) is 2. The molecule has 1 atom stereocenters. The zero-order valence-electron chi connectivity index (χ0n) is 19.2. The van der Waals surface area contributed by atoms with Crippen molar-refractivity contribution in [2.75, 3.05) is 19.6 Å². The van der Waals surface area contributed by atoms with Crippen molar-refractivity contribution in [3.05, 3.63) is 71.3 Å². The van der Waals surface area contributed by atoms with Crippen LogP contribution in [-0.4, -0.2) is 48.3 Å². The van der Waals surface area contributed by atoms with Crippen molar-refractivity contribution in [1.29, 1.82) is 0 Å². The van der Waals surface area contributed by atoms with Crippen LogP contribution in [0.2, 0.25) is 0 Å². The van der Waals surface area contributed by atoms with Gasteiger partial charge in [0.1, 0.15) is 6.04 Å². The Morgan fingerprint density at radius 2 is 1.56 bits per heavy atom. The van der Waals surface area contributed by atoms with E-state index >= 15 is 0 Å². The Morgan fingerprint density at radius 1 is 0.906 bits per heavy atom. The van der Waals surface area contributed by atoms with Gasteiger partial charge >= 0.3 is 0 Å². The van der Waals surface area contributed by atoms with Gasteiger partial charge in [-0.1, -0.05) is 51.1 Å². The first-order valence-electron chi connectivity index (χ1n) is 11.3. The Balaban J connectivity index is 1.46. The van der Waals surface area contributed by atoms with Gasteiger partial charge < -0.3 is 15.5 Å². The highest BCUT2D eigenvalue weighted by atomic mass is 16.2. The van der Waals surface area contributed by atoms with Gasteiger partial charge in [0, 0.05) is 30.8 Å². The van der Waals surface area contributed by atoms with E-state index in [4.69, 9.17) is 0 Å². The first-order chi connectivity index (χ1) is 15.3. The molecule has 1 aliphatic rings. The van der Waals surface area contributed by atoms with E-state index in [-0.39, 0.29) is 23.1 Å². The maximum atomic E-state index is 13.0. The van der Waals surface area contributed by atoms with Crippen LogP contribution in [0.25, 0.3) is 0 Å². The Hall–Kier alpha value is -3.15. The Morgan fingerprint density at radius 3 is 2.22 bits per heavy atom. The second kappa shape index (κ2) is 10.4. The summed E-state index contributed by atoms with van der Waals surface area (Å²) in [5.41, 5.74) is 2.43. The Kier molecular flexibility index (Phi) is 7.67. The van der Waals surface area contributed by atoms with Crippen molar-refractivity contribution in [3.63, 3.8) is 0 Å². The minimum atomic E-state index is -0.441. The lowest BCUT2D eigenvalue weighted by molar-refractivity contribution is -0.124. The number of nitrogens with zero attached hydrogens (tertiary/aromatic N) is 1. The number of hydrogen-bond acceptors (Lipinski definition) is 3. The zero-order valence-corrected chi connectivity index (χ0v) is 19.2. The first kappa shape index (κ1) is 23.5. The summed E-state index contributed by atoms with van der Waals surface area (Å²) in [7, 11) is 0. The minimum Gasteiger partial charge on any atom is -0.354 e. The van der Waals surface area contributed by atoms with E-state index in [2.05, 4.69) is 31.4 Å². The fraction of sp³-hybridized carbons (Fsp3) is 0.423. The number of carbonyl (C=O) groups excluding carboxylic acids is 3. The number of amides is 3. The minimum absolute atomic E-state index is 0.0260. The highest BCUT2D eigenvalue weighted by molar-refractivity contribution is 5.98. The molecular weight excluding hydrogens is 402 g/mol. The van der Waals surface area contributed by atoms with E-state index in [1.165, 1.54) is 5.56 Å². The van der Waals surface area contributed by atoms with Gasteiger partial charge in [-0.3, -0.25) is 14.4 Å². The smallest absolute Gasteiger partial charge is 0.254 e. The molecule has 1 aliphatic heterocycles. The predicted molar refractivity (Wildman–Crippen MR) is 126 cm³/mol. The predicted octanol–water partition coefficient (Wildman–Crippen LogP) is 3.53. The molecule has 0 spiro atoms. The van der Waals surface area contributed by atoms with Crippen LogP contribution in [0.3, 0.4) is 0 Å². The monoisotopic (exact) mass is 435 g/mol. The van der Waals surface area contributed by atoms with Crippen LogP contribution in [0.15, 0.2) is 54.6 Å². The molecule has 0 saturated carbocycles. The third-order valence-corrected chi connectivity index (χ3v) is 5.79. The summed E-state index contributed by atoms with van der Waals surface area (Å²) >= 11 is 0. The third kappa shape index (κ3) is 5.96. The summed E-state index contributed by atoms with van der Waals surface area (Å²) in [5, 5.41) is 5.77. The SMILES string of the molecule is CC(C)(C)c1ccc(C(=O)N2CCC[C@H]2C(=O)NCCCNC(=O)c2ccccc2)cc1. The van der Waals surface area contributed by atoms with Crippen molar-refractivity contribution in [2.24, 2.45) is 0 Å². The summed E-state index contributed by atoms with van der Waals surface area (Å²) in [6.45, 7) is 7.92. The average molecular weight is 436 g/mol. The molecule has 2 aromatic rings. The van der Waals surface area contributed by atoms with Gasteiger partial charge in [0.25, 0.3) is 11.8 Å². The number of hydrogen-bond donors (Lipinski definition) is 2. The highest BCUT2D eigenvalue weighted by Crippen LogP contribution is 2.24. The summed E-state index contributed by atoms with van der Waals surface area (Å²) in [4.78, 5) is 39.4. The van der Waals surface area contributed by atoms with Crippen LogP contribution in [0.4, 0.5) is 0 Å². The molecule has 6 nitrogen and oxygen atoms in total. The fourth-order valence-electron chi connectivity index (χ4n) is 3.87. The largest absolute Gasteiger partial charge is 0.354 e. The molecule has 1 fully saturated rings. The lowest BCUT2D eigenvalue weighted by Gasteiger charge is -2.25. The van der Waals surface area contributed by atoms with Gasteiger partial charge in [0.2, 0.25) is 5.91 Å². The van der Waals surface area contributed by atoms with Crippen LogP contribution < -0.4 is 10.6 Å². The fourth-order valence-corrected chi connectivity index (χ4v) is 3.87. The lowest BCUT2D eigenvalue weighted by atomic mass is 9.86. The van der Waals surface area contributed by atoms with Gasteiger partial charge in [-0.2, -0.15) is 0 Å². The van der Waals surface area contributed by atoms with Gasteiger partial charge in [0.05, 0.1) is 0 Å². The van der Waals surface area contributed by atoms with E-state index < -0.39 is 6.04 Å². The number of likely N-dealkylation sites (tertiary alicyclic amines) is 1. The molecule has 1 heterocycles. The van der Waals surface area contributed by atoms with Crippen molar-refractivity contribution in [3.8, 4) is 0 Å². The summed E-state index contributed by atoms with van der Waals surface area (Å²) < 4.78 is 0. The van der Waals surface area contributed by atoms with E-state index in [0.717, 1.165) is 6.42 Å². The quantitative estimate of drug-likeness (QED) is 0.653. The standard InChI is InChI=1S/C26H33N3O3/c1-26(2,3)21-14-12-20(13-15-21)25(32)29-18-7-11-22(29)24(31)28-17-8-16-27-23(30)19-9-5-4-6-10-19/h4-6,9-10,12-15,22H,7-8,11,16-18H2,1-3H3,(H,27,30)(H,28,31)/t22-/m0/s1. The van der Waals surface area contributed by atoms with Crippen molar-refractivity contribution in [2.45, 2.75) is 51.5 Å². The van der Waals surface area contributed by atoms with E-state index in [9.17, 15) is 14.4 Å². The molecule has 2 aromatic carbocycles. The Bertz CT molecular complexity index is 933. The maximum absolute atomic E-state index is 13.0. The number of benzene rings is 2. The molecular formula is C26H33N3O3. The molecule has 0 aliphatic carbocycles. The normalized spacial score (nSPS) is 16.0. The summed E-state index contributed by atoms with van der Waals surface area (Å²) in [5.74, 6) is -0.350. The second-order valence-corrected chi connectivity index (χ2v) is 9.25. The van der Waals surface area contributed by atoms with Crippen molar-refractivity contribution in [1.82, 2.24) is 15.5 Å². The molecule has 3 rings (SSSR count). The molecule has 170 valence electrons. The molecule has 6 heteroatoms. The molecule has 0 unspecified atom stereocenters. The molecule has 32 heavy (non-hydrogen) atoms. The van der Waals surface area contributed by atoms with Gasteiger partial charge in [-0.25, -0.2) is 0 Å². The Labute approximate surface area is 190 Å². The van der Waals surface area contributed by atoms with E-state index in [1.54, 1.807) is 17.0 Å². The summed E-state index contributed by atoms with van der Waals surface area (Å²) in [6.07, 6.45) is 2.11. The number of rotatable bonds is 7. The van der Waals surface area contributed by atoms with Gasteiger partial charge in [0.15, 0.2) is 0 Å². The summed E-state index contributed by atoms with van der Waals surface area (Å²) in [6, 6.07) is 16.3. The molecule has 2 N–H and O–H groups in total. The maximum Gasteiger partial charge on any atom is 0.254 e. The molecule has 0 aromatic heterocycles. The van der Waals surface area contributed by atoms with Crippen LogP contribution in [-0.2, 0) is 10.2 Å². The van der Waals surface area contributed by atoms with Gasteiger partial charge in [-0.05, 0) is 54.5 Å². The lowest BCUT2D eigenvalue weighted by Crippen LogP contribution is -2.46. The van der Waals surface area contributed by atoms with Gasteiger partial charge in [-0.15, -0.1) is 0 Å². The van der Waals surface area contributed by atoms with Crippen LogP contribution >= 0.6 is 0 Å². The molecule has 0 bridgehead atoms. The third-order valence-electron chi connectivity index (χ3n) is 5.79. The van der Waals surface area contributed by atoms with Crippen LogP contribution in [0.1, 0.15) is 66.3 Å². The molecule has 0 radical (unpaired) electrons. The van der Waals surface area contributed by atoms with Crippen molar-refractivity contribution < 1.29 is 14.4 Å². The zero-order chi connectivity index (χ0) is 23.1. The van der Waals surface area contributed by atoms with Crippen LogP contribution in [0.5, 0.6) is 0 Å². The molecule has 3 amide bonds. The van der Waals surface area contributed by atoms with Crippen molar-refractivity contribution >= 4 is 17.7 Å². The topological polar surface area (TPSA) is 78.5 Å².